The lowest BCUT2D eigenvalue weighted by Gasteiger charge is -2.33. The topological polar surface area (TPSA) is 96.3 Å². The molecule has 0 bridgehead atoms. The molecule has 8 heteroatoms. The minimum absolute atomic E-state index is 0.0373. The molecule has 2 amide bonds. The minimum atomic E-state index is -0.154. The van der Waals surface area contributed by atoms with E-state index in [0.717, 1.165) is 17.2 Å². The maximum Gasteiger partial charge on any atom is 0.227 e. The average molecular weight is 460 g/mol. The number of rotatable bonds is 6. The van der Waals surface area contributed by atoms with E-state index in [9.17, 15) is 14.4 Å². The number of hydrogen-bond donors (Lipinski definition) is 2. The van der Waals surface area contributed by atoms with Crippen LogP contribution < -0.4 is 15.5 Å². The number of carbonyl (C=O) groups is 3. The highest BCUT2D eigenvalue weighted by Crippen LogP contribution is 2.35. The maximum absolute atomic E-state index is 12.9. The van der Waals surface area contributed by atoms with Gasteiger partial charge in [0.25, 0.3) is 0 Å². The highest BCUT2D eigenvalue weighted by Gasteiger charge is 2.30. The fourth-order valence-electron chi connectivity index (χ4n) is 4.29. The van der Waals surface area contributed by atoms with Crippen LogP contribution >= 0.6 is 0 Å². The number of para-hydroxylation sites is 1. The first-order chi connectivity index (χ1) is 16.3. The van der Waals surface area contributed by atoms with Gasteiger partial charge in [-0.2, -0.15) is 5.10 Å². The molecule has 2 N–H and O–H groups in total. The Morgan fingerprint density at radius 1 is 0.941 bits per heavy atom. The van der Waals surface area contributed by atoms with Crippen molar-refractivity contribution in [2.24, 2.45) is 5.92 Å². The van der Waals surface area contributed by atoms with Crippen LogP contribution in [0.5, 0.6) is 0 Å². The molecule has 3 aromatic rings. The van der Waals surface area contributed by atoms with Crippen molar-refractivity contribution in [3.8, 4) is 5.69 Å². The van der Waals surface area contributed by atoms with Crippen LogP contribution in [0.3, 0.4) is 0 Å². The van der Waals surface area contributed by atoms with Gasteiger partial charge in [-0.05, 0) is 51.0 Å². The van der Waals surface area contributed by atoms with Gasteiger partial charge in [-0.15, -0.1) is 0 Å². The standard InChI is InChI=1S/C26H29N5O3/c1-17-24(27-19(3)33)26(31(29-17)23-10-5-4-6-11-23)30-14-12-20(13-15-30)25(34)28-22-9-7-8-21(16-22)18(2)32/h4-11,16,20H,12-15H2,1-3H3,(H,27,33)(H,28,34). The van der Waals surface area contributed by atoms with Crippen LogP contribution in [0, 0.1) is 12.8 Å². The Labute approximate surface area is 199 Å². The zero-order valence-electron chi connectivity index (χ0n) is 19.7. The molecule has 1 aliphatic heterocycles. The van der Waals surface area contributed by atoms with Crippen LogP contribution in [0.4, 0.5) is 17.2 Å². The second-order valence-corrected chi connectivity index (χ2v) is 8.60. The summed E-state index contributed by atoms with van der Waals surface area (Å²) in [5.41, 5.74) is 3.54. The van der Waals surface area contributed by atoms with Gasteiger partial charge in [-0.25, -0.2) is 4.68 Å². The summed E-state index contributed by atoms with van der Waals surface area (Å²) in [6.07, 6.45) is 1.33. The smallest absolute Gasteiger partial charge is 0.227 e. The lowest BCUT2D eigenvalue weighted by atomic mass is 9.95. The summed E-state index contributed by atoms with van der Waals surface area (Å²) in [4.78, 5) is 38.6. The highest BCUT2D eigenvalue weighted by molar-refractivity contribution is 5.98. The Morgan fingerprint density at radius 3 is 2.29 bits per heavy atom. The molecule has 34 heavy (non-hydrogen) atoms. The number of Topliss-reactive ketones (excluding diaryl/α,β-unsaturated/α-hetero) is 1. The van der Waals surface area contributed by atoms with Gasteiger partial charge in [0.1, 0.15) is 5.69 Å². The molecule has 0 aliphatic carbocycles. The van der Waals surface area contributed by atoms with Gasteiger partial charge in [0.05, 0.1) is 11.4 Å². The molecule has 0 saturated carbocycles. The van der Waals surface area contributed by atoms with Crippen LogP contribution in [0.25, 0.3) is 5.69 Å². The van der Waals surface area contributed by atoms with Gasteiger partial charge in [0, 0.05) is 37.2 Å². The summed E-state index contributed by atoms with van der Waals surface area (Å²) in [5, 5.41) is 10.6. The number of hydrogen-bond acceptors (Lipinski definition) is 5. The van der Waals surface area contributed by atoms with E-state index in [1.807, 2.05) is 41.9 Å². The zero-order valence-corrected chi connectivity index (χ0v) is 19.7. The molecule has 1 aliphatic rings. The van der Waals surface area contributed by atoms with Crippen LogP contribution in [0.15, 0.2) is 54.6 Å². The van der Waals surface area contributed by atoms with Crippen LogP contribution in [0.2, 0.25) is 0 Å². The molecule has 1 fully saturated rings. The van der Waals surface area contributed by atoms with Crippen molar-refractivity contribution in [2.45, 2.75) is 33.6 Å². The van der Waals surface area contributed by atoms with Gasteiger partial charge in [-0.3, -0.25) is 14.4 Å². The Bertz CT molecular complexity index is 1210. The van der Waals surface area contributed by atoms with E-state index in [1.165, 1.54) is 13.8 Å². The number of benzene rings is 2. The predicted octanol–water partition coefficient (Wildman–Crippen LogP) is 4.20. The lowest BCUT2D eigenvalue weighted by Crippen LogP contribution is -2.39. The summed E-state index contributed by atoms with van der Waals surface area (Å²) in [6.45, 7) is 6.17. The van der Waals surface area contributed by atoms with Crippen molar-refractivity contribution in [1.82, 2.24) is 9.78 Å². The number of nitrogens with zero attached hydrogens (tertiary/aromatic N) is 3. The van der Waals surface area contributed by atoms with Crippen LogP contribution in [-0.2, 0) is 9.59 Å². The second-order valence-electron chi connectivity index (χ2n) is 8.60. The molecule has 0 spiro atoms. The number of nitrogens with one attached hydrogen (secondary N) is 2. The number of anilines is 3. The monoisotopic (exact) mass is 459 g/mol. The normalized spacial score (nSPS) is 14.0. The maximum atomic E-state index is 12.9. The Hall–Kier alpha value is -3.94. The van der Waals surface area contributed by atoms with Crippen molar-refractivity contribution in [3.05, 3.63) is 65.9 Å². The fourth-order valence-corrected chi connectivity index (χ4v) is 4.29. The molecule has 1 aromatic heterocycles. The third kappa shape index (κ3) is 5.01. The van der Waals surface area contributed by atoms with Crippen molar-refractivity contribution < 1.29 is 14.4 Å². The quantitative estimate of drug-likeness (QED) is 0.539. The molecular weight excluding hydrogens is 430 g/mol. The van der Waals surface area contributed by atoms with Gasteiger partial charge in [0.15, 0.2) is 11.6 Å². The first kappa shape index (κ1) is 23.2. The molecule has 2 heterocycles. The summed E-state index contributed by atoms with van der Waals surface area (Å²) < 4.78 is 1.86. The predicted molar refractivity (Wildman–Crippen MR) is 133 cm³/mol. The summed E-state index contributed by atoms with van der Waals surface area (Å²) >= 11 is 0. The van der Waals surface area contributed by atoms with E-state index in [1.54, 1.807) is 24.3 Å². The summed E-state index contributed by atoms with van der Waals surface area (Å²) in [7, 11) is 0. The van der Waals surface area contributed by atoms with E-state index >= 15 is 0 Å². The van der Waals surface area contributed by atoms with Crippen LogP contribution in [-0.4, -0.2) is 40.5 Å². The van der Waals surface area contributed by atoms with Crippen molar-refractivity contribution >= 4 is 34.8 Å². The third-order valence-electron chi connectivity index (χ3n) is 6.04. The van der Waals surface area contributed by atoms with E-state index in [0.29, 0.717) is 42.9 Å². The van der Waals surface area contributed by atoms with E-state index in [2.05, 4.69) is 15.5 Å². The van der Waals surface area contributed by atoms with E-state index in [4.69, 9.17) is 5.10 Å². The molecule has 4 rings (SSSR count). The van der Waals surface area contributed by atoms with E-state index < -0.39 is 0 Å². The van der Waals surface area contributed by atoms with Crippen LogP contribution in [0.1, 0.15) is 42.7 Å². The summed E-state index contributed by atoms with van der Waals surface area (Å²) in [6, 6.07) is 16.8. The lowest BCUT2D eigenvalue weighted by molar-refractivity contribution is -0.120. The van der Waals surface area contributed by atoms with Crippen molar-refractivity contribution in [3.63, 3.8) is 0 Å². The van der Waals surface area contributed by atoms with Gasteiger partial charge < -0.3 is 15.5 Å². The number of carbonyl (C=O) groups excluding carboxylic acids is 3. The van der Waals surface area contributed by atoms with E-state index in [-0.39, 0.29) is 23.5 Å². The van der Waals surface area contributed by atoms with Gasteiger partial charge in [-0.1, -0.05) is 30.3 Å². The molecule has 2 aromatic carbocycles. The zero-order chi connectivity index (χ0) is 24.2. The Balaban J connectivity index is 1.51. The molecule has 8 nitrogen and oxygen atoms in total. The number of aromatic nitrogens is 2. The Kier molecular flexibility index (Phi) is 6.77. The second kappa shape index (κ2) is 9.91. The first-order valence-electron chi connectivity index (χ1n) is 11.4. The molecule has 0 unspecified atom stereocenters. The molecule has 1 saturated heterocycles. The number of ketones is 1. The highest BCUT2D eigenvalue weighted by atomic mass is 16.2. The molecular formula is C26H29N5O3. The molecule has 176 valence electrons. The minimum Gasteiger partial charge on any atom is -0.355 e. The largest absolute Gasteiger partial charge is 0.355 e. The molecule has 0 atom stereocenters. The van der Waals surface area contributed by atoms with Crippen molar-refractivity contribution in [1.29, 1.82) is 0 Å². The number of aryl methyl sites for hydroxylation is 1. The van der Waals surface area contributed by atoms with Crippen molar-refractivity contribution in [2.75, 3.05) is 28.6 Å². The third-order valence-corrected chi connectivity index (χ3v) is 6.04. The SMILES string of the molecule is CC(=O)Nc1c(C)nn(-c2ccccc2)c1N1CCC(C(=O)Nc2cccc(C(C)=O)c2)CC1. The average Bonchev–Trinajstić information content (AvgIpc) is 3.15. The fraction of sp³-hybridized carbons (Fsp3) is 0.308. The summed E-state index contributed by atoms with van der Waals surface area (Å²) in [5.74, 6) is 0.446. The Morgan fingerprint density at radius 2 is 1.65 bits per heavy atom. The molecule has 0 radical (unpaired) electrons. The van der Waals surface area contributed by atoms with Gasteiger partial charge >= 0.3 is 0 Å². The first-order valence-corrected chi connectivity index (χ1v) is 11.4. The number of piperidine rings is 1. The van der Waals surface area contributed by atoms with Gasteiger partial charge in [0.2, 0.25) is 11.8 Å². The number of amides is 2.